The highest BCUT2D eigenvalue weighted by Gasteiger charge is 2.36. The summed E-state index contributed by atoms with van der Waals surface area (Å²) in [5.41, 5.74) is 6.53. The predicted octanol–water partition coefficient (Wildman–Crippen LogP) is 5.78. The molecule has 8 heteroatoms. The molecule has 8 nitrogen and oxygen atoms in total. The van der Waals surface area contributed by atoms with Crippen molar-refractivity contribution in [2.24, 2.45) is 5.92 Å². The van der Waals surface area contributed by atoms with Crippen molar-refractivity contribution in [1.29, 1.82) is 0 Å². The third-order valence-electron chi connectivity index (χ3n) is 9.80. The molecule has 2 bridgehead atoms. The highest BCUT2D eigenvalue weighted by atomic mass is 16.2. The summed E-state index contributed by atoms with van der Waals surface area (Å²) in [6.07, 6.45) is 4.36. The largest absolute Gasteiger partial charge is 0.369 e. The average Bonchev–Trinajstić information content (AvgIpc) is 3.08. The van der Waals surface area contributed by atoms with Gasteiger partial charge in [0.1, 0.15) is 0 Å². The number of nitrogens with one attached hydrogen (secondary N) is 1. The second-order valence-electron chi connectivity index (χ2n) is 13.2. The zero-order chi connectivity index (χ0) is 32.5. The van der Waals surface area contributed by atoms with Crippen molar-refractivity contribution in [3.05, 3.63) is 130 Å². The Hall–Kier alpha value is -5.11. The quantitative estimate of drug-likeness (QED) is 0.274. The molecule has 0 aliphatic carbocycles. The van der Waals surface area contributed by atoms with Crippen LogP contribution in [0.1, 0.15) is 46.4 Å². The number of piperazine rings is 1. The van der Waals surface area contributed by atoms with Gasteiger partial charge in [-0.15, -0.1) is 0 Å². The van der Waals surface area contributed by atoms with Gasteiger partial charge in [-0.1, -0.05) is 48.5 Å². The highest BCUT2D eigenvalue weighted by Crippen LogP contribution is 2.39. The third-order valence-corrected chi connectivity index (χ3v) is 9.80. The van der Waals surface area contributed by atoms with E-state index in [1.54, 1.807) is 12.1 Å². The lowest BCUT2D eigenvalue weighted by Crippen LogP contribution is -2.53. The van der Waals surface area contributed by atoms with Crippen LogP contribution in [-0.4, -0.2) is 60.0 Å². The summed E-state index contributed by atoms with van der Waals surface area (Å²) in [5.74, 6) is 0.237. The Balaban J connectivity index is 1.15. The molecule has 0 spiro atoms. The van der Waals surface area contributed by atoms with E-state index in [9.17, 15) is 14.4 Å². The normalized spacial score (nSPS) is 20.6. The Bertz CT molecular complexity index is 1880. The number of benzene rings is 3. The van der Waals surface area contributed by atoms with E-state index in [1.807, 2.05) is 64.1 Å². The Kier molecular flexibility index (Phi) is 8.41. The minimum absolute atomic E-state index is 0.0357. The topological polar surface area (TPSA) is 77.9 Å². The summed E-state index contributed by atoms with van der Waals surface area (Å²) in [5, 5.41) is 3.11. The number of amides is 2. The molecule has 3 aliphatic rings. The molecule has 4 aromatic rings. The first kappa shape index (κ1) is 30.5. The molecular formula is C39H41N5O3. The third kappa shape index (κ3) is 6.45. The first-order valence-corrected chi connectivity index (χ1v) is 16.6. The van der Waals surface area contributed by atoms with E-state index in [1.165, 1.54) is 17.3 Å². The molecule has 2 saturated heterocycles. The maximum absolute atomic E-state index is 13.9. The molecule has 0 saturated carbocycles. The maximum Gasteiger partial charge on any atom is 0.254 e. The molecule has 3 aromatic carbocycles. The number of carbonyl (C=O) groups is 2. The van der Waals surface area contributed by atoms with Gasteiger partial charge in [-0.2, -0.15) is 0 Å². The number of fused-ring (bicyclic) bond motifs is 4. The fourth-order valence-electron chi connectivity index (χ4n) is 7.56. The van der Waals surface area contributed by atoms with Crippen LogP contribution in [0.5, 0.6) is 0 Å². The Morgan fingerprint density at radius 2 is 1.68 bits per heavy atom. The Labute approximate surface area is 275 Å². The van der Waals surface area contributed by atoms with Crippen molar-refractivity contribution in [3.8, 4) is 0 Å². The van der Waals surface area contributed by atoms with Crippen molar-refractivity contribution in [2.45, 2.75) is 38.8 Å². The van der Waals surface area contributed by atoms with Crippen LogP contribution in [0.3, 0.4) is 0 Å². The number of hydrogen-bond donors (Lipinski definition) is 1. The van der Waals surface area contributed by atoms with Gasteiger partial charge in [-0.05, 0) is 79.8 Å². The zero-order valence-corrected chi connectivity index (χ0v) is 27.0. The first-order valence-electron chi connectivity index (χ1n) is 16.6. The molecule has 47 heavy (non-hydrogen) atoms. The van der Waals surface area contributed by atoms with Crippen LogP contribution in [0.2, 0.25) is 0 Å². The first-order chi connectivity index (χ1) is 22.8. The number of pyridine rings is 1. The van der Waals surface area contributed by atoms with Crippen molar-refractivity contribution in [2.75, 3.05) is 47.8 Å². The minimum atomic E-state index is -0.255. The number of rotatable bonds is 6. The van der Waals surface area contributed by atoms with E-state index < -0.39 is 0 Å². The van der Waals surface area contributed by atoms with E-state index in [0.29, 0.717) is 36.8 Å². The van der Waals surface area contributed by atoms with Gasteiger partial charge in [0.2, 0.25) is 5.91 Å². The van der Waals surface area contributed by atoms with E-state index in [0.717, 1.165) is 43.0 Å². The molecule has 2 amide bonds. The molecule has 4 heterocycles. The molecular weight excluding hydrogens is 586 g/mol. The molecule has 1 N–H and O–H groups in total. The van der Waals surface area contributed by atoms with Crippen LogP contribution >= 0.6 is 0 Å². The number of hydrogen-bond acceptors (Lipinski definition) is 5. The summed E-state index contributed by atoms with van der Waals surface area (Å²) in [6, 6.07) is 29.6. The van der Waals surface area contributed by atoms with Crippen molar-refractivity contribution >= 4 is 35.0 Å². The monoisotopic (exact) mass is 627 g/mol. The van der Waals surface area contributed by atoms with Gasteiger partial charge in [0.15, 0.2) is 0 Å². The highest BCUT2D eigenvalue weighted by molar-refractivity contribution is 6.05. The molecule has 7 rings (SSSR count). The van der Waals surface area contributed by atoms with Crippen LogP contribution in [0.4, 0.5) is 17.1 Å². The second-order valence-corrected chi connectivity index (χ2v) is 13.2. The van der Waals surface area contributed by atoms with Crippen LogP contribution in [0, 0.1) is 12.8 Å². The second kappa shape index (κ2) is 12.9. The SMILES string of the molecule is Cc1cccc(N2CCN(C(=O)c3ccc(N4CC5CC(C4)c4cccc(=O)n4C5)c(NC(=O)C=Cc4ccccc4)c3)CC2C)c1. The lowest BCUT2D eigenvalue weighted by Gasteiger charge is -2.44. The molecule has 240 valence electrons. The van der Waals surface area contributed by atoms with Gasteiger partial charge >= 0.3 is 0 Å². The average molecular weight is 628 g/mol. The van der Waals surface area contributed by atoms with Gasteiger partial charge < -0.3 is 24.6 Å². The Morgan fingerprint density at radius 3 is 2.49 bits per heavy atom. The van der Waals surface area contributed by atoms with Gasteiger partial charge in [0.25, 0.3) is 11.5 Å². The van der Waals surface area contributed by atoms with Crippen molar-refractivity contribution < 1.29 is 9.59 Å². The summed E-state index contributed by atoms with van der Waals surface area (Å²) >= 11 is 0. The maximum atomic E-state index is 13.9. The number of anilines is 3. The van der Waals surface area contributed by atoms with Crippen LogP contribution < -0.4 is 20.7 Å². The molecule has 3 unspecified atom stereocenters. The summed E-state index contributed by atoms with van der Waals surface area (Å²) < 4.78 is 1.93. The van der Waals surface area contributed by atoms with E-state index in [2.05, 4.69) is 59.3 Å². The number of nitrogens with zero attached hydrogens (tertiary/aromatic N) is 4. The van der Waals surface area contributed by atoms with Gasteiger partial charge in [-0.25, -0.2) is 0 Å². The van der Waals surface area contributed by atoms with E-state index in [-0.39, 0.29) is 29.3 Å². The van der Waals surface area contributed by atoms with E-state index >= 15 is 0 Å². The predicted molar refractivity (Wildman–Crippen MR) is 188 cm³/mol. The summed E-state index contributed by atoms with van der Waals surface area (Å²) in [4.78, 5) is 46.4. The standard InChI is InChI=1S/C39H41N5O3/c1-27-8-6-11-33(20-27)43-19-18-41(23-28(43)2)39(47)31-15-16-36(34(22-31)40-37(45)17-14-29-9-4-3-5-10-29)42-24-30-21-32(26-42)35-12-7-13-38(46)44(35)25-30/h3-17,20,22,28,30,32H,18-19,21,23-26H2,1-2H3,(H,40,45). The van der Waals surface area contributed by atoms with Crippen LogP contribution in [0.15, 0.2) is 102 Å². The summed E-state index contributed by atoms with van der Waals surface area (Å²) in [7, 11) is 0. The number of aryl methyl sites for hydroxylation is 1. The lowest BCUT2D eigenvalue weighted by molar-refractivity contribution is -0.111. The molecule has 1 aromatic heterocycles. The minimum Gasteiger partial charge on any atom is -0.369 e. The fraction of sp³-hybridized carbons (Fsp3) is 0.308. The van der Waals surface area contributed by atoms with Crippen LogP contribution in [-0.2, 0) is 11.3 Å². The molecule has 0 radical (unpaired) electrons. The molecule has 3 atom stereocenters. The number of carbonyl (C=O) groups excluding carboxylic acids is 2. The van der Waals surface area contributed by atoms with Crippen LogP contribution in [0.25, 0.3) is 6.08 Å². The lowest BCUT2D eigenvalue weighted by atomic mass is 9.83. The van der Waals surface area contributed by atoms with Gasteiger partial charge in [-0.3, -0.25) is 14.4 Å². The smallest absolute Gasteiger partial charge is 0.254 e. The van der Waals surface area contributed by atoms with Gasteiger partial charge in [0.05, 0.1) is 11.4 Å². The van der Waals surface area contributed by atoms with Crippen molar-refractivity contribution in [1.82, 2.24) is 9.47 Å². The Morgan fingerprint density at radius 1 is 0.851 bits per heavy atom. The van der Waals surface area contributed by atoms with Crippen molar-refractivity contribution in [3.63, 3.8) is 0 Å². The zero-order valence-electron chi connectivity index (χ0n) is 27.0. The molecule has 2 fully saturated rings. The fourth-order valence-corrected chi connectivity index (χ4v) is 7.56. The molecule has 3 aliphatic heterocycles. The van der Waals surface area contributed by atoms with E-state index in [4.69, 9.17) is 0 Å². The number of aromatic nitrogens is 1. The summed E-state index contributed by atoms with van der Waals surface area (Å²) in [6.45, 7) is 8.44. The number of piperidine rings is 1. The van der Waals surface area contributed by atoms with Gasteiger partial charge in [0, 0.05) is 80.3 Å².